The Morgan fingerprint density at radius 3 is 2.38 bits per heavy atom. The molecule has 3 rings (SSSR count). The highest BCUT2D eigenvalue weighted by molar-refractivity contribution is 6.46. The minimum atomic E-state index is -0.691. The van der Waals surface area contributed by atoms with E-state index >= 15 is 0 Å². The number of Topliss-reactive ketones (excluding diaryl/α,β-unsaturated/α-hetero) is 1. The summed E-state index contributed by atoms with van der Waals surface area (Å²) in [4.78, 5) is 27.3. The first-order valence-corrected chi connectivity index (χ1v) is 10.8. The Bertz CT molecular complexity index is 1020. The Morgan fingerprint density at radius 2 is 1.78 bits per heavy atom. The van der Waals surface area contributed by atoms with Crippen molar-refractivity contribution < 1.29 is 24.2 Å². The van der Waals surface area contributed by atoms with Crippen molar-refractivity contribution in [2.24, 2.45) is 5.92 Å². The zero-order chi connectivity index (χ0) is 23.4. The minimum absolute atomic E-state index is 0.0916. The summed E-state index contributed by atoms with van der Waals surface area (Å²) in [5, 5.41) is 11.2. The van der Waals surface area contributed by atoms with Crippen LogP contribution in [0.2, 0.25) is 0 Å². The van der Waals surface area contributed by atoms with Crippen molar-refractivity contribution in [1.29, 1.82) is 0 Å². The Balaban J connectivity index is 2.07. The number of aliphatic hydroxyl groups is 1. The van der Waals surface area contributed by atoms with Crippen LogP contribution in [0.1, 0.15) is 42.1 Å². The second-order valence-corrected chi connectivity index (χ2v) is 8.58. The number of aliphatic hydroxyl groups excluding tert-OH is 1. The molecule has 1 saturated heterocycles. The molecular weight excluding hydrogens is 406 g/mol. The van der Waals surface area contributed by atoms with Crippen LogP contribution < -0.4 is 4.74 Å². The van der Waals surface area contributed by atoms with E-state index in [-0.39, 0.29) is 24.5 Å². The number of carbonyl (C=O) groups excluding carboxylic acids is 2. The maximum Gasteiger partial charge on any atom is 0.295 e. The van der Waals surface area contributed by atoms with Gasteiger partial charge in [0, 0.05) is 19.2 Å². The largest absolute Gasteiger partial charge is 0.507 e. The zero-order valence-corrected chi connectivity index (χ0v) is 19.3. The summed E-state index contributed by atoms with van der Waals surface area (Å²) in [6, 6.07) is 12.3. The molecule has 6 nitrogen and oxygen atoms in total. The van der Waals surface area contributed by atoms with Gasteiger partial charge in [0.05, 0.1) is 24.8 Å². The van der Waals surface area contributed by atoms with E-state index in [0.717, 1.165) is 16.7 Å². The van der Waals surface area contributed by atoms with Crippen LogP contribution in [0.4, 0.5) is 0 Å². The summed E-state index contributed by atoms with van der Waals surface area (Å²) in [6.07, 6.45) is 0. The van der Waals surface area contributed by atoms with Crippen molar-refractivity contribution in [3.63, 3.8) is 0 Å². The van der Waals surface area contributed by atoms with Gasteiger partial charge in [-0.2, -0.15) is 0 Å². The normalized spacial score (nSPS) is 17.9. The highest BCUT2D eigenvalue weighted by Gasteiger charge is 2.45. The van der Waals surface area contributed by atoms with E-state index in [1.54, 1.807) is 19.2 Å². The second kappa shape index (κ2) is 10.0. The van der Waals surface area contributed by atoms with Gasteiger partial charge >= 0.3 is 0 Å². The smallest absolute Gasteiger partial charge is 0.295 e. The van der Waals surface area contributed by atoms with Gasteiger partial charge in [-0.1, -0.05) is 43.7 Å². The monoisotopic (exact) mass is 437 g/mol. The molecule has 1 N–H and O–H groups in total. The first kappa shape index (κ1) is 23.5. The lowest BCUT2D eigenvalue weighted by molar-refractivity contribution is -0.140. The molecule has 0 saturated carbocycles. The number of hydrogen-bond acceptors (Lipinski definition) is 5. The van der Waals surface area contributed by atoms with Gasteiger partial charge in [0.1, 0.15) is 11.5 Å². The van der Waals surface area contributed by atoms with E-state index in [9.17, 15) is 14.7 Å². The van der Waals surface area contributed by atoms with Gasteiger partial charge in [-0.15, -0.1) is 0 Å². The Kier molecular flexibility index (Phi) is 7.36. The first-order valence-electron chi connectivity index (χ1n) is 10.8. The predicted molar refractivity (Wildman–Crippen MR) is 124 cm³/mol. The van der Waals surface area contributed by atoms with Gasteiger partial charge in [-0.05, 0) is 49.1 Å². The van der Waals surface area contributed by atoms with E-state index < -0.39 is 17.7 Å². The maximum atomic E-state index is 13.0. The SMILES string of the molecule is COCCN1C(=O)C(=O)/C(=C(/O)c2ccc(OCC(C)C)cc2C)[C@@H]1c1ccc(C)cc1. The van der Waals surface area contributed by atoms with E-state index in [1.165, 1.54) is 4.90 Å². The number of hydrogen-bond donors (Lipinski definition) is 1. The lowest BCUT2D eigenvalue weighted by Crippen LogP contribution is -2.32. The fourth-order valence-electron chi connectivity index (χ4n) is 3.80. The summed E-state index contributed by atoms with van der Waals surface area (Å²) < 4.78 is 10.9. The molecule has 0 radical (unpaired) electrons. The van der Waals surface area contributed by atoms with Crippen LogP contribution >= 0.6 is 0 Å². The van der Waals surface area contributed by atoms with E-state index in [0.29, 0.717) is 23.8 Å². The molecule has 1 amide bonds. The van der Waals surface area contributed by atoms with Gasteiger partial charge in [0.2, 0.25) is 0 Å². The van der Waals surface area contributed by atoms with Gasteiger partial charge in [-0.3, -0.25) is 9.59 Å². The van der Waals surface area contributed by atoms with Gasteiger partial charge < -0.3 is 19.5 Å². The summed E-state index contributed by atoms with van der Waals surface area (Å²) in [7, 11) is 1.55. The summed E-state index contributed by atoms with van der Waals surface area (Å²) >= 11 is 0. The van der Waals surface area contributed by atoms with Gasteiger partial charge in [-0.25, -0.2) is 0 Å². The maximum absolute atomic E-state index is 13.0. The number of aryl methyl sites for hydroxylation is 2. The number of ether oxygens (including phenoxy) is 2. The number of likely N-dealkylation sites (tertiary alicyclic amines) is 1. The van der Waals surface area contributed by atoms with Crippen LogP contribution in [0.15, 0.2) is 48.0 Å². The van der Waals surface area contributed by atoms with Crippen molar-refractivity contribution in [3.8, 4) is 5.75 Å². The standard InChI is InChI=1S/C26H31NO5/c1-16(2)15-32-20-10-11-21(18(4)14-20)24(28)22-23(19-8-6-17(3)7-9-19)27(12-13-31-5)26(30)25(22)29/h6-11,14,16,23,28H,12-13,15H2,1-5H3/b24-22+/t23-/m0/s1. The average molecular weight is 438 g/mol. The minimum Gasteiger partial charge on any atom is -0.507 e. The number of methoxy groups -OCH3 is 1. The predicted octanol–water partition coefficient (Wildman–Crippen LogP) is 4.41. The molecule has 32 heavy (non-hydrogen) atoms. The number of rotatable bonds is 8. The van der Waals surface area contributed by atoms with Crippen molar-refractivity contribution in [2.45, 2.75) is 33.7 Å². The van der Waals surface area contributed by atoms with E-state index in [1.807, 2.05) is 44.2 Å². The van der Waals surface area contributed by atoms with Crippen LogP contribution in [0, 0.1) is 19.8 Å². The van der Waals surface area contributed by atoms with E-state index in [4.69, 9.17) is 9.47 Å². The molecule has 1 atom stereocenters. The number of carbonyl (C=O) groups is 2. The first-order chi connectivity index (χ1) is 15.2. The quantitative estimate of drug-likeness (QED) is 0.376. The molecule has 1 aliphatic heterocycles. The topological polar surface area (TPSA) is 76.1 Å². The molecular formula is C26H31NO5. The Labute approximate surface area is 189 Å². The fraction of sp³-hybridized carbons (Fsp3) is 0.385. The second-order valence-electron chi connectivity index (χ2n) is 8.58. The molecule has 1 fully saturated rings. The van der Waals surface area contributed by atoms with Crippen molar-refractivity contribution in [1.82, 2.24) is 4.90 Å². The molecule has 1 heterocycles. The number of amides is 1. The highest BCUT2D eigenvalue weighted by atomic mass is 16.5. The number of ketones is 1. The molecule has 0 spiro atoms. The molecule has 2 aromatic rings. The summed E-state index contributed by atoms with van der Waals surface area (Å²) in [5.41, 5.74) is 3.18. The average Bonchev–Trinajstić information content (AvgIpc) is 3.01. The molecule has 1 aliphatic rings. The van der Waals surface area contributed by atoms with Gasteiger partial charge in [0.25, 0.3) is 11.7 Å². The molecule has 170 valence electrons. The molecule has 0 aliphatic carbocycles. The van der Waals surface area contributed by atoms with Crippen LogP contribution in [0.5, 0.6) is 5.75 Å². The van der Waals surface area contributed by atoms with Crippen molar-refractivity contribution >= 4 is 17.4 Å². The molecule has 6 heteroatoms. The lowest BCUT2D eigenvalue weighted by Gasteiger charge is -2.25. The third-order valence-corrected chi connectivity index (χ3v) is 5.51. The summed E-state index contributed by atoms with van der Waals surface area (Å²) in [6.45, 7) is 9.08. The summed E-state index contributed by atoms with van der Waals surface area (Å²) in [5.74, 6) is -0.418. The molecule has 0 bridgehead atoms. The van der Waals surface area contributed by atoms with E-state index in [2.05, 4.69) is 13.8 Å². The zero-order valence-electron chi connectivity index (χ0n) is 19.3. The van der Waals surface area contributed by atoms with Crippen molar-refractivity contribution in [2.75, 3.05) is 26.9 Å². The Hall–Kier alpha value is -3.12. The number of nitrogens with zero attached hydrogens (tertiary/aromatic N) is 1. The third-order valence-electron chi connectivity index (χ3n) is 5.51. The van der Waals surface area contributed by atoms with Gasteiger partial charge in [0.15, 0.2) is 0 Å². The van der Waals surface area contributed by atoms with Crippen LogP contribution in [-0.2, 0) is 14.3 Å². The Morgan fingerprint density at radius 1 is 1.09 bits per heavy atom. The number of benzene rings is 2. The molecule has 2 aromatic carbocycles. The van der Waals surface area contributed by atoms with Crippen LogP contribution in [0.25, 0.3) is 5.76 Å². The van der Waals surface area contributed by atoms with Crippen molar-refractivity contribution in [3.05, 3.63) is 70.3 Å². The van der Waals surface area contributed by atoms with Crippen LogP contribution in [-0.4, -0.2) is 48.6 Å². The lowest BCUT2D eigenvalue weighted by atomic mass is 9.93. The third kappa shape index (κ3) is 4.86. The highest BCUT2D eigenvalue weighted by Crippen LogP contribution is 2.40. The molecule has 0 unspecified atom stereocenters. The van der Waals surface area contributed by atoms with Crippen LogP contribution in [0.3, 0.4) is 0 Å². The molecule has 0 aromatic heterocycles. The fourth-order valence-corrected chi connectivity index (χ4v) is 3.80.